The highest BCUT2D eigenvalue weighted by atomic mass is 16.5. The number of likely N-dealkylation sites (tertiary alicyclic amines) is 2. The number of nitrogen functional groups attached to an aromatic ring is 1. The molecule has 190 valence electrons. The number of fused-ring (bicyclic) bond motifs is 1. The fraction of sp³-hybridized carbons (Fsp3) is 0.393. The quantitative estimate of drug-likeness (QED) is 0.420. The molecule has 2 aromatic carbocycles. The van der Waals surface area contributed by atoms with Crippen molar-refractivity contribution in [3.05, 3.63) is 60.9 Å². The predicted octanol–water partition coefficient (Wildman–Crippen LogP) is 3.16. The van der Waals surface area contributed by atoms with E-state index in [1.165, 1.54) is 13.1 Å². The van der Waals surface area contributed by atoms with Gasteiger partial charge in [-0.15, -0.1) is 0 Å². The molecule has 37 heavy (non-hydrogen) atoms. The lowest BCUT2D eigenvalue weighted by Crippen LogP contribution is -2.69. The van der Waals surface area contributed by atoms with Crippen LogP contribution in [0, 0.1) is 0 Å². The summed E-state index contributed by atoms with van der Waals surface area (Å²) in [5.74, 6) is 2.05. The van der Waals surface area contributed by atoms with Gasteiger partial charge in [0.15, 0.2) is 5.65 Å². The monoisotopic (exact) mass is 496 g/mol. The van der Waals surface area contributed by atoms with E-state index >= 15 is 0 Å². The maximum Gasteiger partial charge on any atom is 0.164 e. The molecule has 0 amide bonds. The van der Waals surface area contributed by atoms with Crippen molar-refractivity contribution < 1.29 is 4.74 Å². The van der Waals surface area contributed by atoms with Gasteiger partial charge in [0.05, 0.1) is 11.4 Å². The Hall–Kier alpha value is -3.53. The van der Waals surface area contributed by atoms with Crippen LogP contribution >= 0.6 is 0 Å². The van der Waals surface area contributed by atoms with E-state index in [0.717, 1.165) is 78.9 Å². The summed E-state index contributed by atoms with van der Waals surface area (Å²) < 4.78 is 8.07. The van der Waals surface area contributed by atoms with Crippen molar-refractivity contribution in [2.75, 3.05) is 45.0 Å². The summed E-state index contributed by atoms with van der Waals surface area (Å²) in [6, 6.07) is 19.5. The summed E-state index contributed by atoms with van der Waals surface area (Å²) >= 11 is 0. The highest BCUT2D eigenvalue weighted by molar-refractivity contribution is 5.98. The zero-order valence-electron chi connectivity index (χ0n) is 20.8. The van der Waals surface area contributed by atoms with E-state index in [1.54, 1.807) is 6.33 Å². The molecular weight excluding hydrogens is 464 g/mol. The van der Waals surface area contributed by atoms with E-state index in [2.05, 4.69) is 29.8 Å². The molecule has 0 spiro atoms. The van der Waals surface area contributed by atoms with Gasteiger partial charge < -0.3 is 15.8 Å². The Kier molecular flexibility index (Phi) is 5.76. The second kappa shape index (κ2) is 9.41. The van der Waals surface area contributed by atoms with Crippen molar-refractivity contribution in [2.24, 2.45) is 0 Å². The third-order valence-corrected chi connectivity index (χ3v) is 8.15. The summed E-state index contributed by atoms with van der Waals surface area (Å²) in [4.78, 5) is 14.2. The van der Waals surface area contributed by atoms with Gasteiger partial charge in [0, 0.05) is 56.9 Å². The first kappa shape index (κ1) is 22.7. The minimum atomic E-state index is 0.300. The topological polar surface area (TPSA) is 97.4 Å². The second-order valence-electron chi connectivity index (χ2n) is 10.4. The molecule has 0 radical (unpaired) electrons. The lowest BCUT2D eigenvalue weighted by molar-refractivity contribution is -0.0217. The molecule has 0 bridgehead atoms. The van der Waals surface area contributed by atoms with Crippen molar-refractivity contribution in [1.29, 1.82) is 0 Å². The number of aromatic nitrogens is 4. The average Bonchev–Trinajstić information content (AvgIpc) is 3.27. The fourth-order valence-corrected chi connectivity index (χ4v) is 5.80. The number of para-hydroxylation sites is 1. The van der Waals surface area contributed by atoms with Crippen LogP contribution < -0.4 is 15.8 Å². The van der Waals surface area contributed by atoms with Gasteiger partial charge in [-0.25, -0.2) is 14.6 Å². The smallest absolute Gasteiger partial charge is 0.164 e. The van der Waals surface area contributed by atoms with Crippen LogP contribution in [0.1, 0.15) is 18.9 Å². The van der Waals surface area contributed by atoms with Gasteiger partial charge >= 0.3 is 0 Å². The van der Waals surface area contributed by atoms with E-state index < -0.39 is 0 Å². The molecule has 0 aliphatic carbocycles. The molecule has 3 aliphatic rings. The number of nitrogens with one attached hydrogen (secondary N) is 1. The van der Waals surface area contributed by atoms with Crippen LogP contribution in [0.4, 0.5) is 5.82 Å². The maximum atomic E-state index is 6.36. The summed E-state index contributed by atoms with van der Waals surface area (Å²) in [7, 11) is 0. The molecule has 9 heteroatoms. The van der Waals surface area contributed by atoms with E-state index in [-0.39, 0.29) is 0 Å². The molecule has 4 aromatic rings. The van der Waals surface area contributed by atoms with Gasteiger partial charge in [0.1, 0.15) is 29.3 Å². The standard InChI is InChI=1S/C28H32N8O/c29-27-25-26(19-6-8-24(9-7-19)37-23-4-2-1-3-5-23)33-36(28(25)32-18-31-27)20-10-12-34(13-11-20)22-16-35(17-22)21-14-30-15-21/h1-9,18,20-22,30H,10-17H2,(H2,29,31,32). The number of nitrogens with zero attached hydrogens (tertiary/aromatic N) is 6. The summed E-state index contributed by atoms with van der Waals surface area (Å²) in [6.07, 6.45) is 3.67. The van der Waals surface area contributed by atoms with E-state index in [0.29, 0.717) is 17.9 Å². The van der Waals surface area contributed by atoms with Crippen molar-refractivity contribution in [2.45, 2.75) is 31.0 Å². The van der Waals surface area contributed by atoms with Crippen LogP contribution in [0.25, 0.3) is 22.3 Å². The molecule has 7 rings (SSSR count). The Labute approximate surface area is 216 Å². The number of benzene rings is 2. The number of ether oxygens (including phenoxy) is 1. The van der Waals surface area contributed by atoms with Crippen LogP contribution in [-0.4, -0.2) is 80.9 Å². The van der Waals surface area contributed by atoms with Crippen molar-refractivity contribution in [3.8, 4) is 22.8 Å². The second-order valence-corrected chi connectivity index (χ2v) is 10.4. The number of piperidine rings is 1. The van der Waals surface area contributed by atoms with Gasteiger partial charge in [0.25, 0.3) is 0 Å². The Balaban J connectivity index is 1.09. The van der Waals surface area contributed by atoms with Gasteiger partial charge in [-0.1, -0.05) is 18.2 Å². The van der Waals surface area contributed by atoms with Gasteiger partial charge in [-0.3, -0.25) is 9.80 Å². The predicted molar refractivity (Wildman–Crippen MR) is 144 cm³/mol. The number of hydrogen-bond donors (Lipinski definition) is 2. The minimum absolute atomic E-state index is 0.300. The van der Waals surface area contributed by atoms with Crippen LogP contribution in [0.3, 0.4) is 0 Å². The Morgan fingerprint density at radius 1 is 0.811 bits per heavy atom. The fourth-order valence-electron chi connectivity index (χ4n) is 5.80. The number of nitrogens with two attached hydrogens (primary N) is 1. The Morgan fingerprint density at radius 2 is 1.54 bits per heavy atom. The normalized spacial score (nSPS) is 20.1. The van der Waals surface area contributed by atoms with Crippen LogP contribution in [0.2, 0.25) is 0 Å². The third-order valence-electron chi connectivity index (χ3n) is 8.15. The number of rotatable bonds is 6. The first-order chi connectivity index (χ1) is 18.2. The van der Waals surface area contributed by atoms with Crippen LogP contribution in [0.15, 0.2) is 60.9 Å². The molecule has 9 nitrogen and oxygen atoms in total. The molecule has 3 fully saturated rings. The number of hydrogen-bond acceptors (Lipinski definition) is 8. The molecule has 3 aliphatic heterocycles. The molecule has 0 atom stereocenters. The first-order valence-electron chi connectivity index (χ1n) is 13.2. The summed E-state index contributed by atoms with van der Waals surface area (Å²) in [5.41, 5.74) is 8.98. The summed E-state index contributed by atoms with van der Waals surface area (Å²) in [5, 5.41) is 9.28. The summed E-state index contributed by atoms with van der Waals surface area (Å²) in [6.45, 7) is 6.90. The van der Waals surface area contributed by atoms with Crippen molar-refractivity contribution in [3.63, 3.8) is 0 Å². The maximum absolute atomic E-state index is 6.36. The highest BCUT2D eigenvalue weighted by Crippen LogP contribution is 2.36. The van der Waals surface area contributed by atoms with Crippen LogP contribution in [0.5, 0.6) is 11.5 Å². The molecule has 3 saturated heterocycles. The Morgan fingerprint density at radius 3 is 2.24 bits per heavy atom. The zero-order valence-corrected chi connectivity index (χ0v) is 20.8. The lowest BCUT2D eigenvalue weighted by Gasteiger charge is -2.52. The largest absolute Gasteiger partial charge is 0.457 e. The highest BCUT2D eigenvalue weighted by Gasteiger charge is 2.39. The van der Waals surface area contributed by atoms with Gasteiger partial charge in [-0.2, -0.15) is 5.10 Å². The molecule has 0 unspecified atom stereocenters. The van der Waals surface area contributed by atoms with Gasteiger partial charge in [-0.05, 0) is 49.2 Å². The van der Waals surface area contributed by atoms with E-state index in [4.69, 9.17) is 15.6 Å². The van der Waals surface area contributed by atoms with Crippen molar-refractivity contribution in [1.82, 2.24) is 34.9 Å². The Bertz CT molecular complexity index is 1370. The lowest BCUT2D eigenvalue weighted by atomic mass is 9.97. The van der Waals surface area contributed by atoms with Crippen molar-refractivity contribution >= 4 is 16.9 Å². The third kappa shape index (κ3) is 4.22. The van der Waals surface area contributed by atoms with Crippen LogP contribution in [-0.2, 0) is 0 Å². The molecular formula is C28H32N8O. The van der Waals surface area contributed by atoms with E-state index in [1.807, 2.05) is 54.6 Å². The molecule has 0 saturated carbocycles. The minimum Gasteiger partial charge on any atom is -0.457 e. The number of anilines is 1. The molecule has 5 heterocycles. The molecule has 3 N–H and O–H groups in total. The molecule has 2 aromatic heterocycles. The zero-order chi connectivity index (χ0) is 24.8. The van der Waals surface area contributed by atoms with E-state index in [9.17, 15) is 0 Å². The SMILES string of the molecule is Nc1ncnc2c1c(-c1ccc(Oc3ccccc3)cc1)nn2C1CCN(C2CN(C3CNC3)C2)CC1. The first-order valence-corrected chi connectivity index (χ1v) is 13.2. The van der Waals surface area contributed by atoms with Gasteiger partial charge in [0.2, 0.25) is 0 Å². The average molecular weight is 497 g/mol.